The van der Waals surface area contributed by atoms with Crippen LogP contribution in [0.15, 0.2) is 18.2 Å². The van der Waals surface area contributed by atoms with Crippen molar-refractivity contribution in [3.8, 4) is 5.75 Å². The number of ether oxygens (including phenoxy) is 2. The fraction of sp³-hybridized carbons (Fsp3) is 0.588. The number of benzene rings is 1. The van der Waals surface area contributed by atoms with Crippen LogP contribution in [-0.2, 0) is 9.47 Å². The van der Waals surface area contributed by atoms with Gasteiger partial charge in [-0.15, -0.1) is 0 Å². The van der Waals surface area contributed by atoms with Crippen molar-refractivity contribution < 1.29 is 19.4 Å². The second-order valence-electron chi connectivity index (χ2n) is 6.26. The van der Waals surface area contributed by atoms with Gasteiger partial charge in [0.25, 0.3) is 5.91 Å². The van der Waals surface area contributed by atoms with Crippen molar-refractivity contribution in [1.29, 1.82) is 0 Å². The van der Waals surface area contributed by atoms with Gasteiger partial charge in [-0.25, -0.2) is 0 Å². The van der Waals surface area contributed by atoms with E-state index >= 15 is 0 Å². The molecule has 22 heavy (non-hydrogen) atoms. The van der Waals surface area contributed by atoms with Gasteiger partial charge in [-0.1, -0.05) is 6.07 Å². The van der Waals surface area contributed by atoms with Crippen LogP contribution in [0.5, 0.6) is 5.75 Å². The highest BCUT2D eigenvalue weighted by Crippen LogP contribution is 2.34. The van der Waals surface area contributed by atoms with Crippen LogP contribution in [0.4, 0.5) is 0 Å². The Balaban J connectivity index is 1.67. The molecule has 1 aromatic rings. The molecule has 0 saturated carbocycles. The van der Waals surface area contributed by atoms with E-state index < -0.39 is 0 Å². The van der Waals surface area contributed by atoms with Gasteiger partial charge in [0, 0.05) is 37.0 Å². The first-order valence-corrected chi connectivity index (χ1v) is 7.91. The average molecular weight is 305 g/mol. The maximum atomic E-state index is 12.5. The minimum atomic E-state index is -0.137. The van der Waals surface area contributed by atoms with Crippen LogP contribution < -0.4 is 5.32 Å². The second-order valence-corrected chi connectivity index (χ2v) is 6.26. The van der Waals surface area contributed by atoms with Crippen LogP contribution >= 0.6 is 0 Å². The standard InChI is InChI=1S/C17H23NO4/c1-12-14(3-2-4-15(12)19)16(20)18-13-5-8-22-17(11-13)6-9-21-10-7-17/h2-4,13,19H,5-11H2,1H3,(H,18,20)/t13-/m1/s1. The molecule has 2 aliphatic rings. The molecule has 2 fully saturated rings. The lowest BCUT2D eigenvalue weighted by atomic mass is 9.84. The van der Waals surface area contributed by atoms with Crippen LogP contribution in [0.3, 0.4) is 0 Å². The van der Waals surface area contributed by atoms with Crippen molar-refractivity contribution in [3.63, 3.8) is 0 Å². The lowest BCUT2D eigenvalue weighted by Gasteiger charge is -2.43. The van der Waals surface area contributed by atoms with Crippen molar-refractivity contribution in [2.24, 2.45) is 0 Å². The molecular formula is C17H23NO4. The molecule has 0 bridgehead atoms. The highest BCUT2D eigenvalue weighted by atomic mass is 16.5. The topological polar surface area (TPSA) is 67.8 Å². The van der Waals surface area contributed by atoms with Crippen molar-refractivity contribution >= 4 is 5.91 Å². The Labute approximate surface area is 130 Å². The van der Waals surface area contributed by atoms with Crippen LogP contribution in [-0.4, -0.2) is 42.5 Å². The zero-order valence-corrected chi connectivity index (χ0v) is 12.9. The maximum absolute atomic E-state index is 12.5. The summed E-state index contributed by atoms with van der Waals surface area (Å²) in [5.41, 5.74) is 1.02. The van der Waals surface area contributed by atoms with E-state index in [0.717, 1.165) is 38.9 Å². The number of nitrogens with one attached hydrogen (secondary N) is 1. The summed E-state index contributed by atoms with van der Waals surface area (Å²) in [4.78, 5) is 12.5. The van der Waals surface area contributed by atoms with Crippen LogP contribution in [0, 0.1) is 6.92 Å². The Morgan fingerprint density at radius 3 is 2.86 bits per heavy atom. The van der Waals surface area contributed by atoms with Crippen molar-refractivity contribution in [3.05, 3.63) is 29.3 Å². The molecule has 5 heteroatoms. The first-order chi connectivity index (χ1) is 10.6. The number of hydrogen-bond donors (Lipinski definition) is 2. The summed E-state index contributed by atoms with van der Waals surface area (Å²) in [5.74, 6) is 0.0306. The van der Waals surface area contributed by atoms with E-state index in [1.165, 1.54) is 0 Å². The number of carbonyl (C=O) groups is 1. The fourth-order valence-corrected chi connectivity index (χ4v) is 3.38. The van der Waals surface area contributed by atoms with Gasteiger partial charge in [-0.3, -0.25) is 4.79 Å². The molecular weight excluding hydrogens is 282 g/mol. The molecule has 2 saturated heterocycles. The zero-order chi connectivity index (χ0) is 15.6. The average Bonchev–Trinajstić information content (AvgIpc) is 2.51. The number of carbonyl (C=O) groups excluding carboxylic acids is 1. The minimum absolute atomic E-state index is 0.112. The van der Waals surface area contributed by atoms with Crippen molar-refractivity contribution in [1.82, 2.24) is 5.32 Å². The SMILES string of the molecule is Cc1c(O)cccc1C(=O)N[C@@H]1CCOC2(CCOCC2)C1. The number of aromatic hydroxyl groups is 1. The Morgan fingerprint density at radius 2 is 2.09 bits per heavy atom. The van der Waals surface area contributed by atoms with E-state index in [1.54, 1.807) is 25.1 Å². The molecule has 2 heterocycles. The van der Waals surface area contributed by atoms with Crippen molar-refractivity contribution in [2.75, 3.05) is 19.8 Å². The third-order valence-electron chi connectivity index (χ3n) is 4.78. The second kappa shape index (κ2) is 6.26. The number of phenolic OH excluding ortho intramolecular Hbond substituents is 1. The van der Waals surface area contributed by atoms with E-state index in [9.17, 15) is 9.90 Å². The van der Waals surface area contributed by atoms with Crippen LogP contribution in [0.1, 0.15) is 41.6 Å². The summed E-state index contributed by atoms with van der Waals surface area (Å²) in [5, 5.41) is 12.8. The molecule has 0 radical (unpaired) electrons. The zero-order valence-electron chi connectivity index (χ0n) is 12.9. The molecule has 120 valence electrons. The third kappa shape index (κ3) is 3.10. The molecule has 0 unspecified atom stereocenters. The first-order valence-electron chi connectivity index (χ1n) is 7.91. The Kier molecular flexibility index (Phi) is 4.36. The molecule has 3 rings (SSSR count). The summed E-state index contributed by atoms with van der Waals surface area (Å²) in [6.07, 6.45) is 3.45. The van der Waals surface area contributed by atoms with Gasteiger partial charge >= 0.3 is 0 Å². The summed E-state index contributed by atoms with van der Waals surface area (Å²) < 4.78 is 11.4. The molecule has 0 aromatic heterocycles. The summed E-state index contributed by atoms with van der Waals surface area (Å²) >= 11 is 0. The lowest BCUT2D eigenvalue weighted by molar-refractivity contribution is -0.139. The van der Waals surface area contributed by atoms with E-state index in [2.05, 4.69) is 5.32 Å². The monoisotopic (exact) mass is 305 g/mol. The predicted octanol–water partition coefficient (Wildman–Crippen LogP) is 2.16. The largest absolute Gasteiger partial charge is 0.508 e. The predicted molar refractivity (Wildman–Crippen MR) is 82.1 cm³/mol. The van der Waals surface area contributed by atoms with Crippen LogP contribution in [0.25, 0.3) is 0 Å². The van der Waals surface area contributed by atoms with E-state index in [0.29, 0.717) is 17.7 Å². The quantitative estimate of drug-likeness (QED) is 0.878. The fourth-order valence-electron chi connectivity index (χ4n) is 3.38. The molecule has 0 aliphatic carbocycles. The van der Waals surface area contributed by atoms with Gasteiger partial charge < -0.3 is 19.9 Å². The normalized spacial score (nSPS) is 24.1. The summed E-state index contributed by atoms with van der Waals surface area (Å²) in [6.45, 7) is 3.89. The molecule has 2 N–H and O–H groups in total. The molecule has 2 aliphatic heterocycles. The molecule has 1 aromatic carbocycles. The minimum Gasteiger partial charge on any atom is -0.508 e. The highest BCUT2D eigenvalue weighted by Gasteiger charge is 2.39. The first kappa shape index (κ1) is 15.3. The summed E-state index contributed by atoms with van der Waals surface area (Å²) in [6, 6.07) is 5.15. The molecule has 5 nitrogen and oxygen atoms in total. The van der Waals surface area contributed by atoms with Gasteiger partial charge in [0.05, 0.1) is 5.60 Å². The Morgan fingerprint density at radius 1 is 1.32 bits per heavy atom. The van der Waals surface area contributed by atoms with E-state index in [1.807, 2.05) is 0 Å². The number of rotatable bonds is 2. The maximum Gasteiger partial charge on any atom is 0.251 e. The lowest BCUT2D eigenvalue weighted by Crippen LogP contribution is -2.51. The Hall–Kier alpha value is -1.59. The van der Waals surface area contributed by atoms with Crippen molar-refractivity contribution in [2.45, 2.75) is 44.2 Å². The number of hydrogen-bond acceptors (Lipinski definition) is 4. The van der Waals surface area contributed by atoms with E-state index in [-0.39, 0.29) is 23.3 Å². The molecule has 1 amide bonds. The highest BCUT2D eigenvalue weighted by molar-refractivity contribution is 5.96. The van der Waals surface area contributed by atoms with Gasteiger partial charge in [0.15, 0.2) is 0 Å². The van der Waals surface area contributed by atoms with Gasteiger partial charge in [0.1, 0.15) is 5.75 Å². The third-order valence-corrected chi connectivity index (χ3v) is 4.78. The number of phenols is 1. The molecule has 1 spiro atoms. The van der Waals surface area contributed by atoms with Gasteiger partial charge in [0.2, 0.25) is 0 Å². The van der Waals surface area contributed by atoms with Gasteiger partial charge in [-0.2, -0.15) is 0 Å². The molecule has 1 atom stereocenters. The Bertz CT molecular complexity index is 546. The number of amides is 1. The summed E-state index contributed by atoms with van der Waals surface area (Å²) in [7, 11) is 0. The smallest absolute Gasteiger partial charge is 0.251 e. The van der Waals surface area contributed by atoms with Crippen LogP contribution in [0.2, 0.25) is 0 Å². The van der Waals surface area contributed by atoms with E-state index in [4.69, 9.17) is 9.47 Å². The van der Waals surface area contributed by atoms with Gasteiger partial charge in [-0.05, 0) is 44.7 Å².